The van der Waals surface area contributed by atoms with Crippen molar-refractivity contribution in [2.45, 2.75) is 52.4 Å². The summed E-state index contributed by atoms with van der Waals surface area (Å²) in [6.45, 7) is 13.9. The first-order chi connectivity index (χ1) is 20.1. The van der Waals surface area contributed by atoms with E-state index in [0.29, 0.717) is 0 Å². The molecule has 0 aliphatic heterocycles. The van der Waals surface area contributed by atoms with E-state index in [1.54, 1.807) is 0 Å². The Morgan fingerprint density at radius 2 is 0.976 bits per heavy atom. The summed E-state index contributed by atoms with van der Waals surface area (Å²) in [7, 11) is 0. The molecule has 5 aromatic carbocycles. The van der Waals surface area contributed by atoms with E-state index in [2.05, 4.69) is 144 Å². The molecule has 6 aromatic rings. The minimum absolute atomic E-state index is 0.0154. The molecule has 0 spiro atoms. The highest BCUT2D eigenvalue weighted by Gasteiger charge is 2.33. The number of pyridine rings is 1. The third-order valence-corrected chi connectivity index (χ3v) is 8.77. The summed E-state index contributed by atoms with van der Waals surface area (Å²) in [6.07, 6.45) is 3.86. The van der Waals surface area contributed by atoms with Gasteiger partial charge in [-0.15, -0.1) is 0 Å². The van der Waals surface area contributed by atoms with Crippen molar-refractivity contribution in [3.8, 4) is 55.6 Å². The van der Waals surface area contributed by atoms with E-state index in [4.69, 9.17) is 0 Å². The van der Waals surface area contributed by atoms with E-state index < -0.39 is 0 Å². The number of aromatic nitrogens is 1. The lowest BCUT2D eigenvalue weighted by Crippen LogP contribution is -2.12. The molecule has 1 aliphatic rings. The van der Waals surface area contributed by atoms with Crippen LogP contribution in [-0.2, 0) is 10.8 Å². The topological polar surface area (TPSA) is 12.9 Å². The zero-order valence-corrected chi connectivity index (χ0v) is 25.4. The van der Waals surface area contributed by atoms with Crippen molar-refractivity contribution in [1.82, 2.24) is 4.98 Å². The van der Waals surface area contributed by atoms with Gasteiger partial charge in [0.2, 0.25) is 0 Å². The van der Waals surface area contributed by atoms with Crippen LogP contribution in [0.2, 0.25) is 0 Å². The first kappa shape index (κ1) is 26.4. The Kier molecular flexibility index (Phi) is 5.99. The molecule has 0 amide bonds. The smallest absolute Gasteiger partial charge is 0.0346 e. The SMILES string of the molecule is CC(C)(C)c1cc2c3c(cc(C(C)(C)C)cc3c1)-c1c(-c3ccccc3)c(-c3cccnc3)cc(-c3ccccc3)c1-2. The van der Waals surface area contributed by atoms with Crippen molar-refractivity contribution < 1.29 is 0 Å². The van der Waals surface area contributed by atoms with Gasteiger partial charge in [0.15, 0.2) is 0 Å². The number of benzene rings is 5. The summed E-state index contributed by atoms with van der Waals surface area (Å²) in [5.74, 6) is 0. The molecule has 206 valence electrons. The second-order valence-corrected chi connectivity index (χ2v) is 13.7. The fourth-order valence-corrected chi connectivity index (χ4v) is 6.51. The molecule has 0 atom stereocenters. The highest BCUT2D eigenvalue weighted by Crippen LogP contribution is 2.58. The van der Waals surface area contributed by atoms with Crippen molar-refractivity contribution in [3.05, 3.63) is 127 Å². The molecule has 1 aliphatic carbocycles. The van der Waals surface area contributed by atoms with E-state index in [1.165, 1.54) is 72.0 Å². The molecule has 0 unspecified atom stereocenters. The molecule has 42 heavy (non-hydrogen) atoms. The number of fused-ring (bicyclic) bond motifs is 3. The minimum atomic E-state index is 0.0154. The summed E-state index contributed by atoms with van der Waals surface area (Å²) in [5.41, 5.74) is 15.5. The molecule has 0 saturated heterocycles. The van der Waals surface area contributed by atoms with Gasteiger partial charge in [0.25, 0.3) is 0 Å². The van der Waals surface area contributed by atoms with Crippen LogP contribution in [0.5, 0.6) is 0 Å². The van der Waals surface area contributed by atoms with Crippen LogP contribution in [0.3, 0.4) is 0 Å². The van der Waals surface area contributed by atoms with Crippen molar-refractivity contribution in [1.29, 1.82) is 0 Å². The lowest BCUT2D eigenvalue weighted by Gasteiger charge is -2.23. The van der Waals surface area contributed by atoms with Crippen molar-refractivity contribution in [2.75, 3.05) is 0 Å². The van der Waals surface area contributed by atoms with Gasteiger partial charge in [-0.3, -0.25) is 4.98 Å². The second-order valence-electron chi connectivity index (χ2n) is 13.7. The van der Waals surface area contributed by atoms with Crippen LogP contribution in [0.15, 0.2) is 116 Å². The summed E-state index contributed by atoms with van der Waals surface area (Å²) < 4.78 is 0. The van der Waals surface area contributed by atoms with E-state index in [1.807, 2.05) is 18.5 Å². The first-order valence-electron chi connectivity index (χ1n) is 15.0. The molecule has 0 N–H and O–H groups in total. The van der Waals surface area contributed by atoms with Gasteiger partial charge < -0.3 is 0 Å². The maximum Gasteiger partial charge on any atom is 0.0346 e. The molecule has 1 heteroatoms. The Morgan fingerprint density at radius 3 is 1.52 bits per heavy atom. The molecule has 0 bridgehead atoms. The quantitative estimate of drug-likeness (QED) is 0.216. The van der Waals surface area contributed by atoms with E-state index in [-0.39, 0.29) is 10.8 Å². The Labute approximate surface area is 249 Å². The zero-order valence-electron chi connectivity index (χ0n) is 25.4. The predicted octanol–water partition coefficient (Wildman–Crippen LogP) is 11.5. The first-order valence-corrected chi connectivity index (χ1v) is 15.0. The predicted molar refractivity (Wildman–Crippen MR) is 180 cm³/mol. The van der Waals surface area contributed by atoms with Gasteiger partial charge in [0.05, 0.1) is 0 Å². The third-order valence-electron chi connectivity index (χ3n) is 8.77. The average Bonchev–Trinajstić information content (AvgIpc) is 3.32. The van der Waals surface area contributed by atoms with Crippen LogP contribution < -0.4 is 0 Å². The maximum atomic E-state index is 4.56. The molecular weight excluding hydrogens is 506 g/mol. The van der Waals surface area contributed by atoms with E-state index in [0.717, 1.165) is 5.56 Å². The van der Waals surface area contributed by atoms with Gasteiger partial charge in [-0.05, 0) is 107 Å². The number of hydrogen-bond acceptors (Lipinski definition) is 1. The van der Waals surface area contributed by atoms with E-state index >= 15 is 0 Å². The van der Waals surface area contributed by atoms with Crippen molar-refractivity contribution in [2.24, 2.45) is 0 Å². The summed E-state index contributed by atoms with van der Waals surface area (Å²) in [6, 6.07) is 38.3. The van der Waals surface area contributed by atoms with Crippen molar-refractivity contribution >= 4 is 10.8 Å². The van der Waals surface area contributed by atoms with Gasteiger partial charge >= 0.3 is 0 Å². The Bertz CT molecular complexity index is 1950. The zero-order chi connectivity index (χ0) is 29.2. The number of rotatable bonds is 3. The van der Waals surface area contributed by atoms with Crippen LogP contribution in [0.4, 0.5) is 0 Å². The van der Waals surface area contributed by atoms with Crippen molar-refractivity contribution in [3.63, 3.8) is 0 Å². The monoisotopic (exact) mass is 543 g/mol. The normalized spacial score (nSPS) is 12.5. The summed E-state index contributed by atoms with van der Waals surface area (Å²) in [5, 5.41) is 2.70. The molecular formula is C41H37N. The molecule has 1 nitrogen and oxygen atoms in total. The van der Waals surface area contributed by atoms with Crippen LogP contribution in [0.25, 0.3) is 66.4 Å². The fourth-order valence-electron chi connectivity index (χ4n) is 6.51. The minimum Gasteiger partial charge on any atom is -0.264 e. The van der Waals surface area contributed by atoms with Crippen LogP contribution in [0, 0.1) is 0 Å². The lowest BCUT2D eigenvalue weighted by atomic mass is 9.81. The highest BCUT2D eigenvalue weighted by atomic mass is 14.6. The van der Waals surface area contributed by atoms with Gasteiger partial charge in [-0.1, -0.05) is 120 Å². The fraction of sp³-hybridized carbons (Fsp3) is 0.195. The van der Waals surface area contributed by atoms with Gasteiger partial charge in [0.1, 0.15) is 0 Å². The lowest BCUT2D eigenvalue weighted by molar-refractivity contribution is 0.589. The highest BCUT2D eigenvalue weighted by molar-refractivity contribution is 6.23. The third kappa shape index (κ3) is 4.27. The molecule has 0 radical (unpaired) electrons. The maximum absolute atomic E-state index is 4.56. The Hall–Kier alpha value is -4.49. The van der Waals surface area contributed by atoms with E-state index in [9.17, 15) is 0 Å². The van der Waals surface area contributed by atoms with Gasteiger partial charge in [0, 0.05) is 18.0 Å². The van der Waals surface area contributed by atoms with Gasteiger partial charge in [-0.2, -0.15) is 0 Å². The average molecular weight is 544 g/mol. The molecule has 0 saturated carbocycles. The Morgan fingerprint density at radius 1 is 0.452 bits per heavy atom. The Balaban J connectivity index is 1.73. The molecule has 7 rings (SSSR count). The summed E-state index contributed by atoms with van der Waals surface area (Å²) >= 11 is 0. The van der Waals surface area contributed by atoms with Crippen LogP contribution >= 0.6 is 0 Å². The second kappa shape index (κ2) is 9.53. The van der Waals surface area contributed by atoms with Crippen LogP contribution in [-0.4, -0.2) is 4.98 Å². The number of hydrogen-bond donors (Lipinski definition) is 0. The largest absolute Gasteiger partial charge is 0.264 e. The molecule has 1 heterocycles. The van der Waals surface area contributed by atoms with Gasteiger partial charge in [-0.25, -0.2) is 0 Å². The molecule has 0 fully saturated rings. The standard InChI is InChI=1S/C41H37N/c1-40(2,3)30-20-29-21-31(41(4,5)6)23-35-36(29)34(22-30)38-32(26-14-9-7-10-15-26)24-33(28-18-13-19-42-25-28)37(39(35)38)27-16-11-8-12-17-27/h7-25H,1-6H3. The molecule has 1 aromatic heterocycles. The number of nitrogens with zero attached hydrogens (tertiary/aromatic N) is 1. The van der Waals surface area contributed by atoms with Crippen LogP contribution in [0.1, 0.15) is 52.7 Å². The summed E-state index contributed by atoms with van der Waals surface area (Å²) in [4.78, 5) is 4.56.